The summed E-state index contributed by atoms with van der Waals surface area (Å²) in [6.45, 7) is 0. The van der Waals surface area contributed by atoms with Gasteiger partial charge in [0, 0.05) is 16.2 Å². The van der Waals surface area contributed by atoms with E-state index >= 15 is 0 Å². The summed E-state index contributed by atoms with van der Waals surface area (Å²) in [4.78, 5) is 23.2. The molecular formula is C14H10BrF2N3O2. The zero-order valence-electron chi connectivity index (χ0n) is 11.0. The van der Waals surface area contributed by atoms with Crippen LogP contribution in [0.2, 0.25) is 0 Å². The Balaban J connectivity index is 2.18. The van der Waals surface area contributed by atoms with Crippen LogP contribution in [-0.2, 0) is 0 Å². The number of halogens is 3. The van der Waals surface area contributed by atoms with E-state index < -0.39 is 23.6 Å². The van der Waals surface area contributed by atoms with Gasteiger partial charge in [-0.1, -0.05) is 15.9 Å². The van der Waals surface area contributed by atoms with Gasteiger partial charge in [-0.3, -0.25) is 4.79 Å². The molecule has 0 spiro atoms. The highest BCUT2D eigenvalue weighted by molar-refractivity contribution is 9.10. The summed E-state index contributed by atoms with van der Waals surface area (Å²) in [5.74, 6) is -2.37. The van der Waals surface area contributed by atoms with Crippen LogP contribution in [-0.4, -0.2) is 11.9 Å². The molecule has 0 saturated carbocycles. The predicted molar refractivity (Wildman–Crippen MR) is 81.7 cm³/mol. The fourth-order valence-corrected chi connectivity index (χ4v) is 2.11. The van der Waals surface area contributed by atoms with Crippen molar-refractivity contribution in [3.63, 3.8) is 0 Å². The summed E-state index contributed by atoms with van der Waals surface area (Å²) in [6, 6.07) is 6.33. The maximum atomic E-state index is 13.0. The highest BCUT2D eigenvalue weighted by Crippen LogP contribution is 2.21. The van der Waals surface area contributed by atoms with Crippen LogP contribution in [0.5, 0.6) is 0 Å². The average molecular weight is 370 g/mol. The molecule has 0 aliphatic heterocycles. The molecule has 0 aliphatic carbocycles. The van der Waals surface area contributed by atoms with E-state index in [2.05, 4.69) is 26.6 Å². The molecule has 0 heterocycles. The zero-order chi connectivity index (χ0) is 16.3. The molecule has 0 unspecified atom stereocenters. The number of benzene rings is 2. The predicted octanol–water partition coefficient (Wildman–Crippen LogP) is 3.47. The standard InChI is InChI=1S/C14H10BrF2N3O2/c15-7-1-2-11(13(18)21)12(3-7)20-14(22)19-10-5-8(16)4-9(17)6-10/h1-6H,(H2,18,21)(H2,19,20,22). The van der Waals surface area contributed by atoms with Crippen LogP contribution in [0.3, 0.4) is 0 Å². The molecule has 5 nitrogen and oxygen atoms in total. The Morgan fingerprint density at radius 3 is 2.23 bits per heavy atom. The number of nitrogens with two attached hydrogens (primary N) is 1. The first-order chi connectivity index (χ1) is 10.3. The van der Waals surface area contributed by atoms with E-state index in [-0.39, 0.29) is 16.9 Å². The van der Waals surface area contributed by atoms with Crippen LogP contribution in [0.1, 0.15) is 10.4 Å². The van der Waals surface area contributed by atoms with Gasteiger partial charge >= 0.3 is 6.03 Å². The van der Waals surface area contributed by atoms with Gasteiger partial charge in [0.2, 0.25) is 0 Å². The Kier molecular flexibility index (Phi) is 4.71. The molecule has 8 heteroatoms. The van der Waals surface area contributed by atoms with Crippen molar-refractivity contribution in [2.75, 3.05) is 10.6 Å². The number of rotatable bonds is 3. The molecule has 2 aromatic rings. The van der Waals surface area contributed by atoms with Gasteiger partial charge < -0.3 is 16.4 Å². The summed E-state index contributed by atoms with van der Waals surface area (Å²) in [7, 11) is 0. The lowest BCUT2D eigenvalue weighted by Crippen LogP contribution is -2.22. The molecule has 2 rings (SSSR count). The average Bonchev–Trinajstić information content (AvgIpc) is 2.36. The van der Waals surface area contributed by atoms with Crippen LogP contribution in [0.25, 0.3) is 0 Å². The van der Waals surface area contributed by atoms with Gasteiger partial charge in [0.05, 0.1) is 11.3 Å². The quantitative estimate of drug-likeness (QED) is 0.773. The van der Waals surface area contributed by atoms with Crippen molar-refractivity contribution in [2.45, 2.75) is 0 Å². The second-order valence-corrected chi connectivity index (χ2v) is 5.21. The third kappa shape index (κ3) is 4.01. The minimum absolute atomic E-state index is 0.0642. The summed E-state index contributed by atoms with van der Waals surface area (Å²) in [5, 5.41) is 4.65. The third-order valence-corrected chi connectivity index (χ3v) is 3.11. The van der Waals surface area contributed by atoms with Gasteiger partial charge in [-0.05, 0) is 30.3 Å². The molecule has 3 amide bonds. The van der Waals surface area contributed by atoms with Crippen molar-refractivity contribution in [1.82, 2.24) is 0 Å². The highest BCUT2D eigenvalue weighted by Gasteiger charge is 2.12. The molecule has 0 atom stereocenters. The Hall–Kier alpha value is -2.48. The van der Waals surface area contributed by atoms with Gasteiger partial charge in [-0.2, -0.15) is 0 Å². The summed E-state index contributed by atoms with van der Waals surface area (Å²) >= 11 is 3.20. The van der Waals surface area contributed by atoms with Crippen LogP contribution >= 0.6 is 15.9 Å². The third-order valence-electron chi connectivity index (χ3n) is 2.62. The molecule has 0 bridgehead atoms. The van der Waals surface area contributed by atoms with E-state index in [4.69, 9.17) is 5.73 Å². The number of primary amides is 1. The number of nitrogens with one attached hydrogen (secondary N) is 2. The second-order valence-electron chi connectivity index (χ2n) is 4.29. The normalized spacial score (nSPS) is 10.1. The summed E-state index contributed by atoms with van der Waals surface area (Å²) in [5.41, 5.74) is 5.41. The van der Waals surface area contributed by atoms with E-state index in [9.17, 15) is 18.4 Å². The maximum Gasteiger partial charge on any atom is 0.323 e. The monoisotopic (exact) mass is 369 g/mol. The molecule has 22 heavy (non-hydrogen) atoms. The van der Waals surface area contributed by atoms with E-state index in [0.717, 1.165) is 12.1 Å². The van der Waals surface area contributed by atoms with Crippen molar-refractivity contribution in [3.05, 3.63) is 58.1 Å². The van der Waals surface area contributed by atoms with E-state index in [1.165, 1.54) is 12.1 Å². The Bertz CT molecular complexity index is 733. The summed E-state index contributed by atoms with van der Waals surface area (Å²) < 4.78 is 26.7. The number of carbonyl (C=O) groups excluding carboxylic acids is 2. The summed E-state index contributed by atoms with van der Waals surface area (Å²) in [6.07, 6.45) is 0. The van der Waals surface area contributed by atoms with Crippen molar-refractivity contribution < 1.29 is 18.4 Å². The minimum Gasteiger partial charge on any atom is -0.366 e. The SMILES string of the molecule is NC(=O)c1ccc(Br)cc1NC(=O)Nc1cc(F)cc(F)c1. The van der Waals surface area contributed by atoms with Gasteiger partial charge in [0.25, 0.3) is 5.91 Å². The molecule has 2 aromatic carbocycles. The lowest BCUT2D eigenvalue weighted by Gasteiger charge is -2.11. The number of hydrogen-bond acceptors (Lipinski definition) is 2. The number of hydrogen-bond donors (Lipinski definition) is 3. The lowest BCUT2D eigenvalue weighted by atomic mass is 10.1. The van der Waals surface area contributed by atoms with Gasteiger partial charge in [0.1, 0.15) is 11.6 Å². The molecule has 114 valence electrons. The van der Waals surface area contributed by atoms with E-state index in [1.807, 2.05) is 0 Å². The fourth-order valence-electron chi connectivity index (χ4n) is 1.75. The highest BCUT2D eigenvalue weighted by atomic mass is 79.9. The zero-order valence-corrected chi connectivity index (χ0v) is 12.6. The van der Waals surface area contributed by atoms with Crippen LogP contribution in [0, 0.1) is 11.6 Å². The van der Waals surface area contributed by atoms with Crippen molar-refractivity contribution >= 4 is 39.2 Å². The first-order valence-electron chi connectivity index (χ1n) is 5.98. The number of amides is 3. The first kappa shape index (κ1) is 15.9. The lowest BCUT2D eigenvalue weighted by molar-refractivity contribution is 0.100. The van der Waals surface area contributed by atoms with Gasteiger partial charge in [-0.25, -0.2) is 13.6 Å². The first-order valence-corrected chi connectivity index (χ1v) is 6.78. The number of anilines is 2. The van der Waals surface area contributed by atoms with Crippen molar-refractivity contribution in [1.29, 1.82) is 0 Å². The van der Waals surface area contributed by atoms with Crippen LogP contribution in [0.15, 0.2) is 40.9 Å². The fraction of sp³-hybridized carbons (Fsp3) is 0. The molecule has 0 saturated heterocycles. The van der Waals surface area contributed by atoms with E-state index in [1.54, 1.807) is 6.07 Å². The van der Waals surface area contributed by atoms with Crippen LogP contribution < -0.4 is 16.4 Å². The molecule has 0 aromatic heterocycles. The Labute approximate surface area is 132 Å². The van der Waals surface area contributed by atoms with Gasteiger partial charge in [0.15, 0.2) is 0 Å². The second kappa shape index (κ2) is 6.52. The van der Waals surface area contributed by atoms with Crippen molar-refractivity contribution in [2.24, 2.45) is 5.73 Å². The molecule has 0 fully saturated rings. The van der Waals surface area contributed by atoms with Crippen molar-refractivity contribution in [3.8, 4) is 0 Å². The minimum atomic E-state index is -0.824. The van der Waals surface area contributed by atoms with Crippen LogP contribution in [0.4, 0.5) is 25.0 Å². The molecule has 0 aliphatic rings. The Morgan fingerprint density at radius 2 is 1.64 bits per heavy atom. The molecule has 4 N–H and O–H groups in total. The Morgan fingerprint density at radius 1 is 1.00 bits per heavy atom. The molecular weight excluding hydrogens is 360 g/mol. The molecule has 0 radical (unpaired) electrons. The topological polar surface area (TPSA) is 84.2 Å². The number of carbonyl (C=O) groups is 2. The maximum absolute atomic E-state index is 13.0. The largest absolute Gasteiger partial charge is 0.366 e. The number of urea groups is 1. The van der Waals surface area contributed by atoms with E-state index in [0.29, 0.717) is 10.5 Å². The van der Waals surface area contributed by atoms with Gasteiger partial charge in [-0.15, -0.1) is 0 Å². The smallest absolute Gasteiger partial charge is 0.323 e.